The van der Waals surface area contributed by atoms with E-state index in [2.05, 4.69) is 5.32 Å². The molecule has 25 heavy (non-hydrogen) atoms. The highest BCUT2D eigenvalue weighted by molar-refractivity contribution is 6.35. The third-order valence-corrected chi connectivity index (χ3v) is 4.40. The van der Waals surface area contributed by atoms with E-state index in [0.717, 1.165) is 0 Å². The first kappa shape index (κ1) is 19.2. The quantitative estimate of drug-likeness (QED) is 0.777. The largest absolute Gasteiger partial charge is 0.330 e. The molecule has 0 heterocycles. The predicted octanol–water partition coefficient (Wildman–Crippen LogP) is 3.66. The molecule has 2 rings (SSSR count). The first-order valence-corrected chi connectivity index (χ1v) is 8.38. The Bertz CT molecular complexity index is 836. The van der Waals surface area contributed by atoms with Crippen molar-refractivity contribution in [2.45, 2.75) is 25.9 Å². The van der Waals surface area contributed by atoms with Crippen LogP contribution in [0.5, 0.6) is 0 Å². The fraction of sp³-hybridized carbons (Fsp3) is 0.222. The van der Waals surface area contributed by atoms with Gasteiger partial charge in [-0.05, 0) is 44.2 Å². The number of carbonyl (C=O) groups excluding carboxylic acids is 1. The molecule has 0 fully saturated rings. The zero-order chi connectivity index (χ0) is 18.6. The van der Waals surface area contributed by atoms with Crippen molar-refractivity contribution in [1.29, 1.82) is 5.26 Å². The lowest BCUT2D eigenvalue weighted by Crippen LogP contribution is -2.91. The fourth-order valence-corrected chi connectivity index (χ4v) is 2.99. The van der Waals surface area contributed by atoms with Crippen molar-refractivity contribution in [3.05, 3.63) is 63.4 Å². The number of halogens is 3. The standard InChI is InChI=1S/C18H16Cl2FN3O/c1-10(14-7-17(21)16(20)8-15(14)19)23-11(2)18(25)24-13-5-3-4-12(6-13)9-22/h3-8,10-11,23H,1-2H3,(H,24,25)/p+1/t10-,11+/m0/s1. The number of nitrogens with zero attached hydrogens (tertiary/aromatic N) is 1. The van der Waals surface area contributed by atoms with Crippen LogP contribution in [0.4, 0.5) is 10.1 Å². The second kappa shape index (κ2) is 8.30. The van der Waals surface area contributed by atoms with Crippen molar-refractivity contribution >= 4 is 34.8 Å². The summed E-state index contributed by atoms with van der Waals surface area (Å²) in [6, 6.07) is 10.6. The van der Waals surface area contributed by atoms with Crippen molar-refractivity contribution in [1.82, 2.24) is 0 Å². The molecule has 4 nitrogen and oxygen atoms in total. The highest BCUT2D eigenvalue weighted by Gasteiger charge is 2.23. The molecule has 2 atom stereocenters. The van der Waals surface area contributed by atoms with Crippen molar-refractivity contribution in [3.63, 3.8) is 0 Å². The number of carbonyl (C=O) groups is 1. The first-order valence-electron chi connectivity index (χ1n) is 7.62. The van der Waals surface area contributed by atoms with Crippen molar-refractivity contribution in [2.24, 2.45) is 0 Å². The Morgan fingerprint density at radius 3 is 2.64 bits per heavy atom. The van der Waals surface area contributed by atoms with Crippen LogP contribution in [-0.4, -0.2) is 11.9 Å². The van der Waals surface area contributed by atoms with Gasteiger partial charge < -0.3 is 10.6 Å². The van der Waals surface area contributed by atoms with Gasteiger partial charge in [-0.2, -0.15) is 5.26 Å². The van der Waals surface area contributed by atoms with Gasteiger partial charge in [-0.15, -0.1) is 0 Å². The molecule has 0 aromatic heterocycles. The summed E-state index contributed by atoms with van der Waals surface area (Å²) in [5, 5.41) is 13.7. The summed E-state index contributed by atoms with van der Waals surface area (Å²) in [5.41, 5.74) is 1.58. The second-order valence-corrected chi connectivity index (χ2v) is 6.55. The summed E-state index contributed by atoms with van der Waals surface area (Å²) in [5.74, 6) is -0.778. The van der Waals surface area contributed by atoms with Crippen molar-refractivity contribution < 1.29 is 14.5 Å². The van der Waals surface area contributed by atoms with Crippen LogP contribution in [0.2, 0.25) is 10.0 Å². The zero-order valence-corrected chi connectivity index (χ0v) is 15.2. The molecule has 0 saturated heterocycles. The number of benzene rings is 2. The van der Waals surface area contributed by atoms with Crippen LogP contribution in [-0.2, 0) is 4.79 Å². The maximum Gasteiger partial charge on any atom is 0.282 e. The van der Waals surface area contributed by atoms with Crippen molar-refractivity contribution in [3.8, 4) is 6.07 Å². The molecule has 2 aromatic rings. The molecule has 0 saturated carbocycles. The van der Waals surface area contributed by atoms with Gasteiger partial charge in [0.15, 0.2) is 6.04 Å². The molecule has 2 aromatic carbocycles. The summed E-state index contributed by atoms with van der Waals surface area (Å²) in [4.78, 5) is 12.3. The van der Waals surface area contributed by atoms with Gasteiger partial charge in [0.25, 0.3) is 5.91 Å². The molecule has 0 unspecified atom stereocenters. The molecule has 130 valence electrons. The van der Waals surface area contributed by atoms with Gasteiger partial charge in [0.2, 0.25) is 0 Å². The number of nitriles is 1. The molecule has 7 heteroatoms. The van der Waals surface area contributed by atoms with Crippen molar-refractivity contribution in [2.75, 3.05) is 5.32 Å². The second-order valence-electron chi connectivity index (χ2n) is 5.74. The highest BCUT2D eigenvalue weighted by Crippen LogP contribution is 2.27. The van der Waals surface area contributed by atoms with Gasteiger partial charge in [-0.1, -0.05) is 29.3 Å². The van der Waals surface area contributed by atoms with E-state index >= 15 is 0 Å². The molecule has 0 spiro atoms. The topological polar surface area (TPSA) is 69.5 Å². The number of hydrogen-bond donors (Lipinski definition) is 2. The third kappa shape index (κ3) is 4.93. The summed E-state index contributed by atoms with van der Waals surface area (Å²) in [6.45, 7) is 3.56. The number of quaternary nitrogens is 1. The minimum absolute atomic E-state index is 0.0379. The summed E-state index contributed by atoms with van der Waals surface area (Å²) < 4.78 is 13.7. The first-order chi connectivity index (χ1) is 11.8. The molecule has 0 bridgehead atoms. The molecule has 0 aliphatic rings. The Balaban J connectivity index is 2.05. The van der Waals surface area contributed by atoms with Crippen LogP contribution in [0, 0.1) is 17.1 Å². The normalized spacial score (nSPS) is 13.0. The number of hydrogen-bond acceptors (Lipinski definition) is 2. The predicted molar refractivity (Wildman–Crippen MR) is 96.0 cm³/mol. The van der Waals surface area contributed by atoms with Gasteiger partial charge in [0, 0.05) is 11.3 Å². The molecular formula is C18H17Cl2FN3O+. The lowest BCUT2D eigenvalue weighted by atomic mass is 10.1. The van der Waals surface area contributed by atoms with E-state index in [1.54, 1.807) is 36.5 Å². The number of anilines is 1. The molecule has 0 radical (unpaired) electrons. The Hall–Kier alpha value is -2.13. The highest BCUT2D eigenvalue weighted by atomic mass is 35.5. The Morgan fingerprint density at radius 2 is 1.96 bits per heavy atom. The van der Waals surface area contributed by atoms with E-state index in [1.165, 1.54) is 12.1 Å². The molecule has 3 N–H and O–H groups in total. The van der Waals surface area contributed by atoms with Gasteiger partial charge in [-0.3, -0.25) is 4.79 Å². The van der Waals surface area contributed by atoms with Crippen LogP contribution in [0.3, 0.4) is 0 Å². The summed E-state index contributed by atoms with van der Waals surface area (Å²) in [6.07, 6.45) is 0. The van der Waals surface area contributed by atoms with E-state index in [0.29, 0.717) is 21.8 Å². The molecule has 0 aliphatic carbocycles. The fourth-order valence-electron chi connectivity index (χ4n) is 2.43. The van der Waals surface area contributed by atoms with E-state index in [1.807, 2.05) is 13.0 Å². The van der Waals surface area contributed by atoms with E-state index in [-0.39, 0.29) is 17.0 Å². The maximum atomic E-state index is 13.7. The number of amides is 1. The van der Waals surface area contributed by atoms with Gasteiger partial charge >= 0.3 is 0 Å². The van der Waals surface area contributed by atoms with Gasteiger partial charge in [0.05, 0.1) is 21.7 Å². The van der Waals surface area contributed by atoms with Crippen LogP contribution < -0.4 is 10.6 Å². The monoisotopic (exact) mass is 380 g/mol. The zero-order valence-electron chi connectivity index (χ0n) is 13.7. The SMILES string of the molecule is C[C@H]([NH2+][C@H](C)C(=O)Nc1cccc(C#N)c1)c1cc(F)c(Cl)cc1Cl. The lowest BCUT2D eigenvalue weighted by molar-refractivity contribution is -0.709. The summed E-state index contributed by atoms with van der Waals surface area (Å²) >= 11 is 11.8. The molecule has 1 amide bonds. The molecular weight excluding hydrogens is 364 g/mol. The van der Waals surface area contributed by atoms with Gasteiger partial charge in [0.1, 0.15) is 11.9 Å². The van der Waals surface area contributed by atoms with E-state index < -0.39 is 11.9 Å². The average Bonchev–Trinajstić information content (AvgIpc) is 2.58. The number of nitrogens with one attached hydrogen (secondary N) is 1. The van der Waals surface area contributed by atoms with Crippen LogP contribution >= 0.6 is 23.2 Å². The third-order valence-electron chi connectivity index (χ3n) is 3.78. The molecule has 0 aliphatic heterocycles. The van der Waals surface area contributed by atoms with E-state index in [9.17, 15) is 9.18 Å². The minimum atomic E-state index is -0.549. The van der Waals surface area contributed by atoms with Crippen LogP contribution in [0.25, 0.3) is 0 Å². The van der Waals surface area contributed by atoms with E-state index in [4.69, 9.17) is 28.5 Å². The lowest BCUT2D eigenvalue weighted by Gasteiger charge is -2.18. The summed E-state index contributed by atoms with van der Waals surface area (Å²) in [7, 11) is 0. The average molecular weight is 381 g/mol. The van der Waals surface area contributed by atoms with Crippen LogP contribution in [0.15, 0.2) is 36.4 Å². The number of rotatable bonds is 5. The Labute approximate surface area is 155 Å². The Kier molecular flexibility index (Phi) is 6.38. The minimum Gasteiger partial charge on any atom is -0.330 e. The Morgan fingerprint density at radius 1 is 1.24 bits per heavy atom. The smallest absolute Gasteiger partial charge is 0.282 e. The van der Waals surface area contributed by atoms with Gasteiger partial charge in [-0.25, -0.2) is 4.39 Å². The number of nitrogens with two attached hydrogens (primary N) is 1. The van der Waals surface area contributed by atoms with Crippen LogP contribution in [0.1, 0.15) is 31.0 Å². The maximum absolute atomic E-state index is 13.7.